The molecule has 1 aliphatic rings. The van der Waals surface area contributed by atoms with Crippen LogP contribution < -0.4 is 16.2 Å². The van der Waals surface area contributed by atoms with E-state index in [4.69, 9.17) is 0 Å². The number of amides is 1. The average molecular weight is 269 g/mol. The van der Waals surface area contributed by atoms with Crippen LogP contribution in [0.15, 0.2) is 0 Å². The molecule has 1 unspecified atom stereocenters. The molecule has 64 valence electrons. The lowest BCUT2D eigenvalue weighted by Crippen LogP contribution is -2.32. The fourth-order valence-corrected chi connectivity index (χ4v) is 2.16. The minimum absolute atomic E-state index is 0.0219. The summed E-state index contributed by atoms with van der Waals surface area (Å²) in [6.45, 7) is 3.59. The van der Waals surface area contributed by atoms with Gasteiger partial charge in [0.1, 0.15) is 0 Å². The van der Waals surface area contributed by atoms with Gasteiger partial charge in [-0.1, -0.05) is 22.6 Å². The number of halogens is 1. The molecule has 0 aliphatic carbocycles. The summed E-state index contributed by atoms with van der Waals surface area (Å²) in [7, 11) is 0. The summed E-state index contributed by atoms with van der Waals surface area (Å²) in [5, 5.41) is 2.81. The normalized spacial score (nSPS) is 22.5. The summed E-state index contributed by atoms with van der Waals surface area (Å²) in [5.74, 6) is 0.0219. The molecule has 1 rings (SSSR count). The van der Waals surface area contributed by atoms with Gasteiger partial charge in [-0.05, 0) is 6.92 Å². The SMILES string of the molecule is CC(=O)NC(I)CC1(C)NN1. The van der Waals surface area contributed by atoms with Crippen molar-refractivity contribution in [2.75, 3.05) is 0 Å². The number of carbonyl (C=O) groups is 1. The van der Waals surface area contributed by atoms with Gasteiger partial charge in [0, 0.05) is 13.3 Å². The Balaban J connectivity index is 2.20. The molecule has 0 aromatic heterocycles. The Kier molecular flexibility index (Phi) is 2.71. The van der Waals surface area contributed by atoms with E-state index in [0.717, 1.165) is 6.42 Å². The number of carbonyl (C=O) groups excluding carboxylic acids is 1. The highest BCUT2D eigenvalue weighted by Gasteiger charge is 2.37. The first-order valence-electron chi connectivity index (χ1n) is 3.47. The summed E-state index contributed by atoms with van der Waals surface area (Å²) >= 11 is 2.21. The molecule has 0 saturated carbocycles. The highest BCUT2D eigenvalue weighted by atomic mass is 127. The Labute approximate surface area is 79.6 Å². The first-order chi connectivity index (χ1) is 5.02. The highest BCUT2D eigenvalue weighted by molar-refractivity contribution is 14.1. The van der Waals surface area contributed by atoms with Crippen molar-refractivity contribution < 1.29 is 4.79 Å². The molecule has 1 saturated heterocycles. The maximum Gasteiger partial charge on any atom is 0.217 e. The quantitative estimate of drug-likeness (QED) is 0.294. The molecule has 1 atom stereocenters. The van der Waals surface area contributed by atoms with Crippen LogP contribution in [0.2, 0.25) is 0 Å². The van der Waals surface area contributed by atoms with Crippen LogP contribution >= 0.6 is 22.6 Å². The van der Waals surface area contributed by atoms with Gasteiger partial charge in [0.25, 0.3) is 0 Å². The third-order valence-electron chi connectivity index (χ3n) is 1.50. The third kappa shape index (κ3) is 3.35. The van der Waals surface area contributed by atoms with Gasteiger partial charge in [-0.2, -0.15) is 0 Å². The Bertz CT molecular complexity index is 169. The molecule has 1 fully saturated rings. The van der Waals surface area contributed by atoms with E-state index < -0.39 is 0 Å². The molecule has 3 N–H and O–H groups in total. The smallest absolute Gasteiger partial charge is 0.217 e. The van der Waals surface area contributed by atoms with Crippen LogP contribution in [0, 0.1) is 0 Å². The van der Waals surface area contributed by atoms with Crippen molar-refractivity contribution in [3.05, 3.63) is 0 Å². The first kappa shape index (κ1) is 9.21. The number of rotatable bonds is 3. The molecule has 11 heavy (non-hydrogen) atoms. The van der Waals surface area contributed by atoms with Gasteiger partial charge in [-0.25, -0.2) is 10.9 Å². The lowest BCUT2D eigenvalue weighted by molar-refractivity contribution is -0.119. The maximum atomic E-state index is 10.6. The average Bonchev–Trinajstić information content (AvgIpc) is 2.44. The molecule has 1 aliphatic heterocycles. The zero-order valence-electron chi connectivity index (χ0n) is 6.57. The molecule has 0 bridgehead atoms. The number of hydrogen-bond donors (Lipinski definition) is 3. The molecule has 0 aromatic rings. The Morgan fingerprint density at radius 3 is 2.64 bits per heavy atom. The summed E-state index contributed by atoms with van der Waals surface area (Å²) in [4.78, 5) is 10.6. The predicted octanol–water partition coefficient (Wildman–Crippen LogP) is 0.0977. The predicted molar refractivity (Wildman–Crippen MR) is 50.9 cm³/mol. The van der Waals surface area contributed by atoms with E-state index in [0.29, 0.717) is 0 Å². The van der Waals surface area contributed by atoms with Crippen molar-refractivity contribution in [3.63, 3.8) is 0 Å². The van der Waals surface area contributed by atoms with Crippen LogP contribution in [-0.2, 0) is 4.79 Å². The second-order valence-electron chi connectivity index (χ2n) is 2.95. The van der Waals surface area contributed by atoms with E-state index in [1.165, 1.54) is 6.92 Å². The van der Waals surface area contributed by atoms with Crippen LogP contribution in [-0.4, -0.2) is 15.6 Å². The minimum Gasteiger partial charge on any atom is -0.345 e. The van der Waals surface area contributed by atoms with E-state index in [-0.39, 0.29) is 15.6 Å². The minimum atomic E-state index is 0.0219. The largest absolute Gasteiger partial charge is 0.345 e. The summed E-state index contributed by atoms with van der Waals surface area (Å²) in [6.07, 6.45) is 0.896. The van der Waals surface area contributed by atoms with E-state index in [2.05, 4.69) is 45.7 Å². The molecule has 1 amide bonds. The van der Waals surface area contributed by atoms with Gasteiger partial charge in [-0.15, -0.1) is 0 Å². The topological polar surface area (TPSA) is 73.0 Å². The number of hydrazine groups is 1. The Morgan fingerprint density at radius 1 is 1.73 bits per heavy atom. The van der Waals surface area contributed by atoms with Gasteiger partial charge in [0.05, 0.1) is 9.71 Å². The second kappa shape index (κ2) is 3.24. The third-order valence-corrected chi connectivity index (χ3v) is 2.25. The van der Waals surface area contributed by atoms with Crippen LogP contribution in [0.25, 0.3) is 0 Å². The van der Waals surface area contributed by atoms with Gasteiger partial charge in [-0.3, -0.25) is 4.79 Å². The Morgan fingerprint density at radius 2 is 2.27 bits per heavy atom. The highest BCUT2D eigenvalue weighted by Crippen LogP contribution is 2.19. The zero-order chi connectivity index (χ0) is 8.48. The van der Waals surface area contributed by atoms with Crippen molar-refractivity contribution in [1.29, 1.82) is 0 Å². The van der Waals surface area contributed by atoms with Crippen LogP contribution in [0.5, 0.6) is 0 Å². The molecule has 0 spiro atoms. The van der Waals surface area contributed by atoms with E-state index >= 15 is 0 Å². The summed E-state index contributed by atoms with van der Waals surface area (Å²) in [6, 6.07) is 0. The fourth-order valence-electron chi connectivity index (χ4n) is 0.839. The van der Waals surface area contributed by atoms with E-state index in [9.17, 15) is 4.79 Å². The molecular weight excluding hydrogens is 257 g/mol. The lowest BCUT2D eigenvalue weighted by atomic mass is 10.2. The van der Waals surface area contributed by atoms with Crippen LogP contribution in [0.1, 0.15) is 20.3 Å². The monoisotopic (exact) mass is 269 g/mol. The second-order valence-corrected chi connectivity index (χ2v) is 4.46. The van der Waals surface area contributed by atoms with E-state index in [1.54, 1.807) is 0 Å². The zero-order valence-corrected chi connectivity index (χ0v) is 8.73. The van der Waals surface area contributed by atoms with Crippen molar-refractivity contribution in [3.8, 4) is 0 Å². The molecule has 5 heteroatoms. The van der Waals surface area contributed by atoms with Gasteiger partial charge < -0.3 is 5.32 Å². The molecule has 4 nitrogen and oxygen atoms in total. The molecule has 1 heterocycles. The first-order valence-corrected chi connectivity index (χ1v) is 4.72. The van der Waals surface area contributed by atoms with Gasteiger partial charge >= 0.3 is 0 Å². The lowest BCUT2D eigenvalue weighted by Gasteiger charge is -2.12. The van der Waals surface area contributed by atoms with Crippen molar-refractivity contribution in [1.82, 2.24) is 16.2 Å². The van der Waals surface area contributed by atoms with Gasteiger partial charge in [0.15, 0.2) is 0 Å². The number of nitrogens with one attached hydrogen (secondary N) is 3. The van der Waals surface area contributed by atoms with Crippen molar-refractivity contribution in [2.45, 2.75) is 30.0 Å². The summed E-state index contributed by atoms with van der Waals surface area (Å²) in [5.41, 5.74) is 6.05. The number of alkyl halides is 1. The molecular formula is C6H12IN3O. The van der Waals surface area contributed by atoms with Crippen molar-refractivity contribution in [2.24, 2.45) is 0 Å². The molecule has 0 aromatic carbocycles. The number of hydrogen-bond acceptors (Lipinski definition) is 3. The molecule has 0 radical (unpaired) electrons. The van der Waals surface area contributed by atoms with Crippen LogP contribution in [0.3, 0.4) is 0 Å². The Hall–Kier alpha value is 0.120. The summed E-state index contributed by atoms with van der Waals surface area (Å²) < 4.78 is 0.192. The maximum absolute atomic E-state index is 10.6. The standard InChI is InChI=1S/C6H12IN3O/c1-4(11)8-5(7)3-6(2)9-10-6/h5,9-10H,3H2,1-2H3,(H,8,11). The van der Waals surface area contributed by atoms with E-state index in [1.807, 2.05) is 0 Å². The van der Waals surface area contributed by atoms with Gasteiger partial charge in [0.2, 0.25) is 5.91 Å². The fraction of sp³-hybridized carbons (Fsp3) is 0.833. The van der Waals surface area contributed by atoms with Crippen LogP contribution in [0.4, 0.5) is 0 Å². The van der Waals surface area contributed by atoms with Crippen molar-refractivity contribution >= 4 is 28.5 Å².